The van der Waals surface area contributed by atoms with Crippen molar-refractivity contribution in [3.8, 4) is 0 Å². The van der Waals surface area contributed by atoms with Crippen molar-refractivity contribution in [3.63, 3.8) is 0 Å². The van der Waals surface area contributed by atoms with Crippen LogP contribution in [0.4, 0.5) is 5.82 Å². The van der Waals surface area contributed by atoms with Crippen LogP contribution in [0.5, 0.6) is 0 Å². The Morgan fingerprint density at radius 3 is 2.46 bits per heavy atom. The van der Waals surface area contributed by atoms with E-state index in [9.17, 15) is 5.11 Å². The quantitative estimate of drug-likeness (QED) is 0.628. The first kappa shape index (κ1) is 17.4. The molecule has 1 aliphatic rings. The van der Waals surface area contributed by atoms with Crippen molar-refractivity contribution in [1.29, 1.82) is 0 Å². The highest BCUT2D eigenvalue weighted by molar-refractivity contribution is 6.32. The Labute approximate surface area is 151 Å². The van der Waals surface area contributed by atoms with E-state index < -0.39 is 5.54 Å². The summed E-state index contributed by atoms with van der Waals surface area (Å²) >= 11 is 11.8. The van der Waals surface area contributed by atoms with Crippen LogP contribution in [-0.2, 0) is 6.54 Å². The fourth-order valence-electron chi connectivity index (χ4n) is 3.03. The molecule has 3 rings (SSSR count). The summed E-state index contributed by atoms with van der Waals surface area (Å²) in [7, 11) is 0. The smallest absolute Gasteiger partial charge is 0.225 e. The van der Waals surface area contributed by atoms with Gasteiger partial charge in [-0.15, -0.1) is 0 Å². The maximum atomic E-state index is 9.93. The van der Waals surface area contributed by atoms with Crippen LogP contribution < -0.4 is 5.32 Å². The molecule has 128 valence electrons. The molecule has 0 unspecified atom stereocenters. The van der Waals surface area contributed by atoms with E-state index >= 15 is 0 Å². The topological polar surface area (TPSA) is 61.3 Å². The molecule has 0 spiro atoms. The average Bonchev–Trinajstić information content (AvgIpc) is 2.57. The summed E-state index contributed by atoms with van der Waals surface area (Å²) in [5, 5.41) is 13.6. The Morgan fingerprint density at radius 1 is 1.12 bits per heavy atom. The Balaban J connectivity index is 1.63. The monoisotopic (exact) mass is 366 g/mol. The van der Waals surface area contributed by atoms with Gasteiger partial charge in [-0.3, -0.25) is 4.90 Å². The molecule has 0 bridgehead atoms. The van der Waals surface area contributed by atoms with Gasteiger partial charge in [0.1, 0.15) is 11.0 Å². The molecule has 7 heteroatoms. The lowest BCUT2D eigenvalue weighted by Crippen LogP contribution is -2.51. The number of likely N-dealkylation sites (tertiary alicyclic amines) is 1. The van der Waals surface area contributed by atoms with Crippen molar-refractivity contribution in [3.05, 3.63) is 52.4 Å². The first-order chi connectivity index (χ1) is 11.6. The molecule has 1 aromatic carbocycles. The minimum absolute atomic E-state index is 0.0332. The zero-order chi connectivity index (χ0) is 17.0. The molecule has 0 saturated carbocycles. The number of anilines is 1. The van der Waals surface area contributed by atoms with Gasteiger partial charge >= 0.3 is 0 Å². The van der Waals surface area contributed by atoms with Gasteiger partial charge in [0.25, 0.3) is 0 Å². The third kappa shape index (κ3) is 4.36. The molecule has 24 heavy (non-hydrogen) atoms. The summed E-state index contributed by atoms with van der Waals surface area (Å²) in [6.07, 6.45) is 1.63. The van der Waals surface area contributed by atoms with Crippen LogP contribution in [-0.4, -0.2) is 45.2 Å². The molecule has 1 aromatic heterocycles. The SMILES string of the molecule is OCC1(Nc2cc(Cl)nc(Cl)n2)CCN(Cc2ccccc2)CC1. The van der Waals surface area contributed by atoms with Crippen LogP contribution in [0.2, 0.25) is 10.4 Å². The second-order valence-corrected chi connectivity index (χ2v) is 6.90. The van der Waals surface area contributed by atoms with Gasteiger partial charge < -0.3 is 10.4 Å². The number of aliphatic hydroxyl groups excluding tert-OH is 1. The number of aliphatic hydroxyl groups is 1. The summed E-state index contributed by atoms with van der Waals surface area (Å²) in [5.41, 5.74) is 0.894. The van der Waals surface area contributed by atoms with Gasteiger partial charge in [0.05, 0.1) is 12.1 Å². The van der Waals surface area contributed by atoms with Gasteiger partial charge in [-0.1, -0.05) is 41.9 Å². The maximum Gasteiger partial charge on any atom is 0.225 e. The van der Waals surface area contributed by atoms with Gasteiger partial charge in [0.2, 0.25) is 5.28 Å². The molecular weight excluding hydrogens is 347 g/mol. The van der Waals surface area contributed by atoms with E-state index in [0.29, 0.717) is 5.82 Å². The zero-order valence-corrected chi connectivity index (χ0v) is 14.8. The number of rotatable bonds is 5. The zero-order valence-electron chi connectivity index (χ0n) is 13.3. The number of aromatic nitrogens is 2. The first-order valence-corrected chi connectivity index (χ1v) is 8.70. The van der Waals surface area contributed by atoms with Crippen molar-refractivity contribution in [2.45, 2.75) is 24.9 Å². The Morgan fingerprint density at radius 2 is 1.83 bits per heavy atom. The Bertz CT molecular complexity index is 655. The molecule has 2 N–H and O–H groups in total. The summed E-state index contributed by atoms with van der Waals surface area (Å²) in [6.45, 7) is 2.75. The normalized spacial score (nSPS) is 17.6. The van der Waals surface area contributed by atoms with E-state index in [1.165, 1.54) is 5.56 Å². The summed E-state index contributed by atoms with van der Waals surface area (Å²) in [5.74, 6) is 0.547. The predicted molar refractivity (Wildman–Crippen MR) is 96.4 cm³/mol. The average molecular weight is 367 g/mol. The van der Waals surface area contributed by atoms with Gasteiger partial charge in [-0.05, 0) is 30.0 Å². The van der Waals surface area contributed by atoms with E-state index in [2.05, 4.69) is 44.5 Å². The molecule has 0 atom stereocenters. The van der Waals surface area contributed by atoms with Gasteiger partial charge in [-0.2, -0.15) is 0 Å². The molecule has 2 heterocycles. The van der Waals surface area contributed by atoms with Crippen LogP contribution in [0, 0.1) is 0 Å². The third-order valence-corrected chi connectivity index (χ3v) is 4.79. The molecule has 0 aliphatic carbocycles. The van der Waals surface area contributed by atoms with Crippen LogP contribution in [0.1, 0.15) is 18.4 Å². The van der Waals surface area contributed by atoms with Crippen LogP contribution in [0.3, 0.4) is 0 Å². The first-order valence-electron chi connectivity index (χ1n) is 7.94. The molecule has 5 nitrogen and oxygen atoms in total. The van der Waals surface area contributed by atoms with Crippen molar-refractivity contribution >= 4 is 29.0 Å². The fraction of sp³-hybridized carbons (Fsp3) is 0.412. The maximum absolute atomic E-state index is 9.93. The van der Waals surface area contributed by atoms with Crippen LogP contribution >= 0.6 is 23.2 Å². The highest BCUT2D eigenvalue weighted by Gasteiger charge is 2.34. The highest BCUT2D eigenvalue weighted by atomic mass is 35.5. The molecule has 0 radical (unpaired) electrons. The summed E-state index contributed by atoms with van der Waals surface area (Å²) in [6, 6.07) is 12.0. The lowest BCUT2D eigenvalue weighted by Gasteiger charge is -2.41. The van der Waals surface area contributed by atoms with E-state index in [0.717, 1.165) is 32.5 Å². The highest BCUT2D eigenvalue weighted by Crippen LogP contribution is 2.28. The molecule has 1 aliphatic heterocycles. The predicted octanol–water partition coefficient (Wildman–Crippen LogP) is 3.22. The number of benzene rings is 1. The molecule has 2 aromatic rings. The van der Waals surface area contributed by atoms with E-state index in [1.807, 2.05) is 6.07 Å². The number of hydrogen-bond acceptors (Lipinski definition) is 5. The fourth-order valence-corrected chi connectivity index (χ4v) is 3.44. The summed E-state index contributed by atoms with van der Waals surface area (Å²) in [4.78, 5) is 10.4. The minimum atomic E-state index is -0.409. The van der Waals surface area contributed by atoms with Crippen LogP contribution in [0.25, 0.3) is 0 Å². The van der Waals surface area contributed by atoms with E-state index in [4.69, 9.17) is 23.2 Å². The van der Waals surface area contributed by atoms with Crippen molar-refractivity contribution in [2.75, 3.05) is 25.0 Å². The Hall–Kier alpha value is -1.40. The molecule has 1 saturated heterocycles. The molecule has 0 amide bonds. The number of piperidine rings is 1. The molecule has 1 fully saturated rings. The largest absolute Gasteiger partial charge is 0.394 e. The Kier molecular flexibility index (Phi) is 5.56. The third-order valence-electron chi connectivity index (χ3n) is 4.43. The van der Waals surface area contributed by atoms with Crippen LogP contribution in [0.15, 0.2) is 36.4 Å². The van der Waals surface area contributed by atoms with Gasteiger partial charge in [0, 0.05) is 25.7 Å². The second-order valence-electron chi connectivity index (χ2n) is 6.17. The summed E-state index contributed by atoms with van der Waals surface area (Å²) < 4.78 is 0. The number of hydrogen-bond donors (Lipinski definition) is 2. The second kappa shape index (κ2) is 7.66. The van der Waals surface area contributed by atoms with Gasteiger partial charge in [0.15, 0.2) is 0 Å². The lowest BCUT2D eigenvalue weighted by atomic mass is 9.88. The van der Waals surface area contributed by atoms with Crippen molar-refractivity contribution in [1.82, 2.24) is 14.9 Å². The minimum Gasteiger partial charge on any atom is -0.394 e. The number of halogens is 2. The number of nitrogens with zero attached hydrogens (tertiary/aromatic N) is 3. The lowest BCUT2D eigenvalue weighted by molar-refractivity contribution is 0.114. The van der Waals surface area contributed by atoms with E-state index in [1.54, 1.807) is 6.07 Å². The standard InChI is InChI=1S/C17H20Cl2N4O/c18-14-10-15(21-16(19)20-14)22-17(12-24)6-8-23(9-7-17)11-13-4-2-1-3-5-13/h1-5,10,24H,6-9,11-12H2,(H,20,21,22). The van der Waals surface area contributed by atoms with Gasteiger partial charge in [-0.25, -0.2) is 9.97 Å². The van der Waals surface area contributed by atoms with Crippen molar-refractivity contribution in [2.24, 2.45) is 0 Å². The van der Waals surface area contributed by atoms with Crippen molar-refractivity contribution < 1.29 is 5.11 Å². The molecular formula is C17H20Cl2N4O. The van der Waals surface area contributed by atoms with E-state index in [-0.39, 0.29) is 17.0 Å². The number of nitrogens with one attached hydrogen (secondary N) is 1.